The van der Waals surface area contributed by atoms with E-state index in [9.17, 15) is 13.2 Å². The number of ether oxygens (including phenoxy) is 3. The maximum atomic E-state index is 13.1. The third-order valence-electron chi connectivity index (χ3n) is 5.11. The van der Waals surface area contributed by atoms with E-state index in [1.807, 2.05) is 6.07 Å². The molecule has 0 aliphatic carbocycles. The van der Waals surface area contributed by atoms with Gasteiger partial charge < -0.3 is 25.3 Å². The number of fused-ring (bicyclic) bond motifs is 1. The molecule has 0 aliphatic rings. The molecule has 0 radical (unpaired) electrons. The highest BCUT2D eigenvalue weighted by Crippen LogP contribution is 2.44. The zero-order valence-electron chi connectivity index (χ0n) is 18.3. The van der Waals surface area contributed by atoms with Crippen molar-refractivity contribution in [2.45, 2.75) is 32.0 Å². The second-order valence-corrected chi connectivity index (χ2v) is 7.47. The maximum absolute atomic E-state index is 13.1. The quantitative estimate of drug-likeness (QED) is 0.408. The van der Waals surface area contributed by atoms with Gasteiger partial charge in [0.2, 0.25) is 0 Å². The van der Waals surface area contributed by atoms with Crippen LogP contribution in [0.15, 0.2) is 48.5 Å². The van der Waals surface area contributed by atoms with Crippen molar-refractivity contribution in [3.05, 3.63) is 54.1 Å². The first-order valence-electron chi connectivity index (χ1n) is 10.3. The summed E-state index contributed by atoms with van der Waals surface area (Å²) < 4.78 is 56.3. The molecule has 0 aliphatic heterocycles. The number of benzene rings is 3. The highest BCUT2D eigenvalue weighted by molar-refractivity contribution is 6.01. The van der Waals surface area contributed by atoms with Crippen molar-refractivity contribution in [1.82, 2.24) is 0 Å². The molecule has 0 amide bonds. The van der Waals surface area contributed by atoms with Crippen molar-refractivity contribution in [3.8, 4) is 23.0 Å². The molecule has 0 bridgehead atoms. The van der Waals surface area contributed by atoms with Crippen molar-refractivity contribution in [1.29, 1.82) is 0 Å². The minimum absolute atomic E-state index is 0.0623. The van der Waals surface area contributed by atoms with Crippen molar-refractivity contribution in [2.24, 2.45) is 5.73 Å². The van der Waals surface area contributed by atoms with Gasteiger partial charge in [-0.1, -0.05) is 6.07 Å². The van der Waals surface area contributed by atoms with Gasteiger partial charge in [0.15, 0.2) is 11.5 Å². The molecule has 8 heteroatoms. The number of anilines is 1. The van der Waals surface area contributed by atoms with E-state index in [0.29, 0.717) is 29.2 Å². The molecule has 3 rings (SSSR count). The van der Waals surface area contributed by atoms with Gasteiger partial charge in [0, 0.05) is 28.6 Å². The van der Waals surface area contributed by atoms with Gasteiger partial charge in [-0.05, 0) is 62.7 Å². The number of halogens is 3. The van der Waals surface area contributed by atoms with E-state index < -0.39 is 11.7 Å². The van der Waals surface area contributed by atoms with Crippen molar-refractivity contribution in [2.75, 3.05) is 26.1 Å². The fourth-order valence-electron chi connectivity index (χ4n) is 3.47. The standard InChI is InChI=1S/C24H27F3N2O3/c1-15(6-5-11-28)29-21-14-22(31-3)23(19-10-9-17(30-2)13-20(19)21)32-18-8-4-7-16(12-18)24(25,26)27/h4,7-10,12-15,29H,5-6,11,28H2,1-3H3. The molecule has 32 heavy (non-hydrogen) atoms. The highest BCUT2D eigenvalue weighted by Gasteiger charge is 2.30. The van der Waals surface area contributed by atoms with Crippen LogP contribution in [-0.4, -0.2) is 26.8 Å². The second-order valence-electron chi connectivity index (χ2n) is 7.47. The normalized spacial score (nSPS) is 12.5. The average Bonchev–Trinajstić information content (AvgIpc) is 2.78. The molecule has 0 saturated carbocycles. The zero-order chi connectivity index (χ0) is 23.3. The Balaban J connectivity index is 2.09. The molecular formula is C24H27F3N2O3. The van der Waals surface area contributed by atoms with E-state index in [4.69, 9.17) is 19.9 Å². The summed E-state index contributed by atoms with van der Waals surface area (Å²) in [4.78, 5) is 0. The lowest BCUT2D eigenvalue weighted by atomic mass is 10.0. The van der Waals surface area contributed by atoms with E-state index in [-0.39, 0.29) is 11.8 Å². The topological polar surface area (TPSA) is 65.7 Å². The van der Waals surface area contributed by atoms with Gasteiger partial charge in [0.05, 0.1) is 19.8 Å². The number of nitrogens with two attached hydrogens (primary N) is 1. The van der Waals surface area contributed by atoms with Crippen LogP contribution in [0.1, 0.15) is 25.3 Å². The number of rotatable bonds is 9. The number of methoxy groups -OCH3 is 2. The Labute approximate surface area is 185 Å². The molecular weight excluding hydrogens is 421 g/mol. The average molecular weight is 448 g/mol. The Kier molecular flexibility index (Phi) is 7.35. The van der Waals surface area contributed by atoms with Gasteiger partial charge in [-0.25, -0.2) is 0 Å². The Morgan fingerprint density at radius 1 is 0.969 bits per heavy atom. The molecule has 0 saturated heterocycles. The predicted molar refractivity (Wildman–Crippen MR) is 120 cm³/mol. The molecule has 5 nitrogen and oxygen atoms in total. The molecule has 0 heterocycles. The van der Waals surface area contributed by atoms with Crippen LogP contribution in [0.4, 0.5) is 18.9 Å². The van der Waals surface area contributed by atoms with E-state index in [1.54, 1.807) is 25.3 Å². The van der Waals surface area contributed by atoms with Gasteiger partial charge in [-0.3, -0.25) is 0 Å². The van der Waals surface area contributed by atoms with Crippen LogP contribution < -0.4 is 25.3 Å². The second kappa shape index (κ2) is 9.99. The van der Waals surface area contributed by atoms with Crippen LogP contribution in [0.25, 0.3) is 10.8 Å². The molecule has 0 spiro atoms. The summed E-state index contributed by atoms with van der Waals surface area (Å²) in [5, 5.41) is 4.95. The summed E-state index contributed by atoms with van der Waals surface area (Å²) in [6.45, 7) is 2.66. The molecule has 3 N–H and O–H groups in total. The molecule has 3 aromatic rings. The molecule has 1 atom stereocenters. The van der Waals surface area contributed by atoms with Crippen molar-refractivity contribution < 1.29 is 27.4 Å². The smallest absolute Gasteiger partial charge is 0.416 e. The lowest BCUT2D eigenvalue weighted by molar-refractivity contribution is -0.137. The Morgan fingerprint density at radius 3 is 2.41 bits per heavy atom. The number of nitrogens with one attached hydrogen (secondary N) is 1. The predicted octanol–water partition coefficient (Wildman–Crippen LogP) is 6.21. The van der Waals surface area contributed by atoms with Gasteiger partial charge in [0.1, 0.15) is 11.5 Å². The Hall–Kier alpha value is -3.13. The molecule has 3 aromatic carbocycles. The molecule has 0 aromatic heterocycles. The lowest BCUT2D eigenvalue weighted by Gasteiger charge is -2.21. The minimum Gasteiger partial charge on any atom is -0.497 e. The summed E-state index contributed by atoms with van der Waals surface area (Å²) in [6, 6.07) is 12.1. The van der Waals surface area contributed by atoms with E-state index >= 15 is 0 Å². The van der Waals surface area contributed by atoms with Crippen LogP contribution in [0.3, 0.4) is 0 Å². The highest BCUT2D eigenvalue weighted by atomic mass is 19.4. The maximum Gasteiger partial charge on any atom is 0.416 e. The van der Waals surface area contributed by atoms with Gasteiger partial charge >= 0.3 is 6.18 Å². The fourth-order valence-corrected chi connectivity index (χ4v) is 3.47. The first kappa shape index (κ1) is 23.5. The van der Waals surface area contributed by atoms with Crippen molar-refractivity contribution >= 4 is 16.5 Å². The fraction of sp³-hybridized carbons (Fsp3) is 0.333. The number of hydrogen-bond donors (Lipinski definition) is 2. The monoisotopic (exact) mass is 448 g/mol. The van der Waals surface area contributed by atoms with Crippen molar-refractivity contribution in [3.63, 3.8) is 0 Å². The molecule has 172 valence electrons. The zero-order valence-corrected chi connectivity index (χ0v) is 18.3. The minimum atomic E-state index is -4.47. The van der Waals surface area contributed by atoms with Crippen LogP contribution in [0.2, 0.25) is 0 Å². The van der Waals surface area contributed by atoms with Gasteiger partial charge in [-0.2, -0.15) is 13.2 Å². The van der Waals surface area contributed by atoms with Gasteiger partial charge in [0.25, 0.3) is 0 Å². The molecule has 1 unspecified atom stereocenters. The summed E-state index contributed by atoms with van der Waals surface area (Å²) in [5.41, 5.74) is 5.64. The third-order valence-corrected chi connectivity index (χ3v) is 5.11. The van der Waals surface area contributed by atoms with E-state index in [1.165, 1.54) is 19.2 Å². The largest absolute Gasteiger partial charge is 0.497 e. The number of hydrogen-bond acceptors (Lipinski definition) is 5. The van der Waals surface area contributed by atoms with Gasteiger partial charge in [-0.15, -0.1) is 0 Å². The summed E-state index contributed by atoms with van der Waals surface area (Å²) >= 11 is 0. The summed E-state index contributed by atoms with van der Waals surface area (Å²) in [6.07, 6.45) is -2.71. The van der Waals surface area contributed by atoms with Crippen LogP contribution in [0, 0.1) is 0 Å². The van der Waals surface area contributed by atoms with E-state index in [0.717, 1.165) is 36.0 Å². The van der Waals surface area contributed by atoms with Crippen LogP contribution in [0.5, 0.6) is 23.0 Å². The van der Waals surface area contributed by atoms with Crippen LogP contribution >= 0.6 is 0 Å². The lowest BCUT2D eigenvalue weighted by Crippen LogP contribution is -2.17. The SMILES string of the molecule is COc1ccc2c(Oc3cccc(C(F)(F)F)c3)c(OC)cc(NC(C)CCCN)c2c1. The number of alkyl halides is 3. The Bertz CT molecular complexity index is 1070. The third kappa shape index (κ3) is 5.37. The van der Waals surface area contributed by atoms with E-state index in [2.05, 4.69) is 12.2 Å². The first-order chi connectivity index (χ1) is 15.3. The Morgan fingerprint density at radius 2 is 1.75 bits per heavy atom. The molecule has 0 fully saturated rings. The first-order valence-corrected chi connectivity index (χ1v) is 10.3. The summed E-state index contributed by atoms with van der Waals surface area (Å²) in [5.74, 6) is 1.43. The van der Waals surface area contributed by atoms with Crippen LogP contribution in [-0.2, 0) is 6.18 Å². The summed E-state index contributed by atoms with van der Waals surface area (Å²) in [7, 11) is 3.06.